The lowest BCUT2D eigenvalue weighted by atomic mass is 10.1. The molecule has 14 heavy (non-hydrogen) atoms. The van der Waals surface area contributed by atoms with Crippen LogP contribution in [0.3, 0.4) is 0 Å². The Morgan fingerprint density at radius 2 is 1.93 bits per heavy atom. The first kappa shape index (κ1) is 11.3. The van der Waals surface area contributed by atoms with Crippen LogP contribution in [0.1, 0.15) is 11.1 Å². The van der Waals surface area contributed by atoms with E-state index < -0.39 is 10.0 Å². The van der Waals surface area contributed by atoms with Crippen molar-refractivity contribution >= 4 is 21.6 Å². The van der Waals surface area contributed by atoms with Crippen LogP contribution in [-0.4, -0.2) is 13.5 Å². The van der Waals surface area contributed by atoms with Gasteiger partial charge in [0, 0.05) is 5.56 Å². The maximum Gasteiger partial charge on any atom is 0.239 e. The van der Waals surface area contributed by atoms with Crippen molar-refractivity contribution in [2.75, 3.05) is 0 Å². The molecule has 0 unspecified atom stereocenters. The number of phenolic OH excluding ortho intramolecular Hbond substituents is 1. The zero-order chi connectivity index (χ0) is 11.1. The summed E-state index contributed by atoms with van der Waals surface area (Å²) in [5.74, 6) is -0.0987. The van der Waals surface area contributed by atoms with Crippen molar-refractivity contribution in [3.63, 3.8) is 0 Å². The molecule has 0 aliphatic heterocycles. The van der Waals surface area contributed by atoms with Crippen LogP contribution in [0.2, 0.25) is 5.02 Å². The zero-order valence-electron chi connectivity index (χ0n) is 7.70. The predicted octanol–water partition coefficient (Wildman–Crippen LogP) is 1.31. The first-order chi connectivity index (χ1) is 6.25. The van der Waals surface area contributed by atoms with Gasteiger partial charge in [-0.05, 0) is 25.5 Å². The third kappa shape index (κ3) is 1.84. The van der Waals surface area contributed by atoms with Crippen LogP contribution in [-0.2, 0) is 10.0 Å². The maximum atomic E-state index is 11.1. The summed E-state index contributed by atoms with van der Waals surface area (Å²) in [4.78, 5) is -0.220. The van der Waals surface area contributed by atoms with Crippen LogP contribution < -0.4 is 5.14 Å². The van der Waals surface area contributed by atoms with E-state index in [1.165, 1.54) is 13.0 Å². The molecule has 0 spiro atoms. The summed E-state index contributed by atoms with van der Waals surface area (Å²) in [5, 5.41) is 14.5. The zero-order valence-corrected chi connectivity index (χ0v) is 9.28. The molecule has 0 bridgehead atoms. The average molecular weight is 236 g/mol. The van der Waals surface area contributed by atoms with E-state index in [1.807, 2.05) is 0 Å². The molecule has 0 atom stereocenters. The number of hydrogen-bond acceptors (Lipinski definition) is 3. The van der Waals surface area contributed by atoms with Gasteiger partial charge in [-0.3, -0.25) is 0 Å². The summed E-state index contributed by atoms with van der Waals surface area (Å²) in [6, 6.07) is 1.36. The SMILES string of the molecule is Cc1cc(Cl)c(S(N)(=O)=O)c(C)c1O. The third-order valence-corrected chi connectivity index (χ3v) is 3.42. The van der Waals surface area contributed by atoms with Crippen LogP contribution in [0, 0.1) is 13.8 Å². The van der Waals surface area contributed by atoms with Gasteiger partial charge >= 0.3 is 0 Å². The molecular formula is C8H10ClNO3S. The van der Waals surface area contributed by atoms with Crippen molar-refractivity contribution in [3.05, 3.63) is 22.2 Å². The van der Waals surface area contributed by atoms with Gasteiger partial charge in [0.2, 0.25) is 10.0 Å². The van der Waals surface area contributed by atoms with E-state index >= 15 is 0 Å². The van der Waals surface area contributed by atoms with Crippen molar-refractivity contribution < 1.29 is 13.5 Å². The molecule has 0 saturated carbocycles. The monoisotopic (exact) mass is 235 g/mol. The number of rotatable bonds is 1. The fourth-order valence-corrected chi connectivity index (χ4v) is 2.74. The molecule has 78 valence electrons. The lowest BCUT2D eigenvalue weighted by molar-refractivity contribution is 0.464. The van der Waals surface area contributed by atoms with Crippen LogP contribution in [0.25, 0.3) is 0 Å². The van der Waals surface area contributed by atoms with Gasteiger partial charge in [0.05, 0.1) is 5.02 Å². The van der Waals surface area contributed by atoms with E-state index in [2.05, 4.69) is 0 Å². The number of nitrogens with two attached hydrogens (primary N) is 1. The van der Waals surface area contributed by atoms with Crippen molar-refractivity contribution in [2.45, 2.75) is 18.7 Å². The molecule has 0 aliphatic carbocycles. The van der Waals surface area contributed by atoms with Crippen molar-refractivity contribution in [1.82, 2.24) is 0 Å². The van der Waals surface area contributed by atoms with Crippen LogP contribution in [0.15, 0.2) is 11.0 Å². The molecule has 0 saturated heterocycles. The molecule has 0 heterocycles. The van der Waals surface area contributed by atoms with Crippen LogP contribution >= 0.6 is 11.6 Å². The van der Waals surface area contributed by atoms with E-state index in [4.69, 9.17) is 16.7 Å². The highest BCUT2D eigenvalue weighted by atomic mass is 35.5. The minimum Gasteiger partial charge on any atom is -0.507 e. The van der Waals surface area contributed by atoms with Gasteiger partial charge in [-0.25, -0.2) is 13.6 Å². The van der Waals surface area contributed by atoms with Gasteiger partial charge in [-0.1, -0.05) is 11.6 Å². The second-order valence-corrected chi connectivity index (χ2v) is 4.93. The minimum atomic E-state index is -3.90. The quantitative estimate of drug-likeness (QED) is 0.770. The second kappa shape index (κ2) is 3.42. The molecule has 0 amide bonds. The molecule has 0 fully saturated rings. The van der Waals surface area contributed by atoms with E-state index in [0.29, 0.717) is 5.56 Å². The Morgan fingerprint density at radius 3 is 2.36 bits per heavy atom. The standard InChI is InChI=1S/C8H10ClNO3S/c1-4-3-6(9)8(14(10,12)13)5(2)7(4)11/h3,11H,1-2H3,(H2,10,12,13). The Bertz CT molecular complexity index is 482. The van der Waals surface area contributed by atoms with Crippen molar-refractivity contribution in [3.8, 4) is 5.75 Å². The number of benzene rings is 1. The third-order valence-electron chi connectivity index (χ3n) is 1.91. The Hall–Kier alpha value is -0.780. The predicted molar refractivity (Wildman–Crippen MR) is 54.0 cm³/mol. The fraction of sp³-hybridized carbons (Fsp3) is 0.250. The number of phenols is 1. The van der Waals surface area contributed by atoms with Crippen molar-refractivity contribution in [2.24, 2.45) is 5.14 Å². The normalized spacial score (nSPS) is 11.7. The van der Waals surface area contributed by atoms with Crippen LogP contribution in [0.4, 0.5) is 0 Å². The first-order valence-corrected chi connectivity index (χ1v) is 5.69. The summed E-state index contributed by atoms with van der Waals surface area (Å²) in [5.41, 5.74) is 0.692. The van der Waals surface area contributed by atoms with Gasteiger partial charge < -0.3 is 5.11 Å². The Balaban J connectivity index is 3.70. The first-order valence-electron chi connectivity index (χ1n) is 3.76. The number of sulfonamides is 1. The lowest BCUT2D eigenvalue weighted by Crippen LogP contribution is -2.14. The number of primary sulfonamides is 1. The molecule has 6 heteroatoms. The summed E-state index contributed by atoms with van der Waals surface area (Å²) in [6.45, 7) is 3.08. The largest absolute Gasteiger partial charge is 0.507 e. The Kier molecular flexibility index (Phi) is 2.76. The summed E-state index contributed by atoms with van der Waals surface area (Å²) >= 11 is 5.72. The highest BCUT2D eigenvalue weighted by molar-refractivity contribution is 7.89. The highest BCUT2D eigenvalue weighted by Crippen LogP contribution is 2.33. The number of halogens is 1. The topological polar surface area (TPSA) is 80.4 Å². The molecule has 1 rings (SSSR count). The average Bonchev–Trinajstić information content (AvgIpc) is 1.97. The highest BCUT2D eigenvalue weighted by Gasteiger charge is 2.19. The number of aromatic hydroxyl groups is 1. The van der Waals surface area contributed by atoms with E-state index in [9.17, 15) is 13.5 Å². The van der Waals surface area contributed by atoms with Gasteiger partial charge in [0.1, 0.15) is 10.6 Å². The number of aryl methyl sites for hydroxylation is 1. The maximum absolute atomic E-state index is 11.1. The Morgan fingerprint density at radius 1 is 1.43 bits per heavy atom. The second-order valence-electron chi connectivity index (χ2n) is 3.02. The summed E-state index contributed by atoms with van der Waals surface area (Å²) in [7, 11) is -3.90. The number of hydrogen-bond donors (Lipinski definition) is 2. The van der Waals surface area contributed by atoms with Gasteiger partial charge in [-0.2, -0.15) is 0 Å². The van der Waals surface area contributed by atoms with Crippen molar-refractivity contribution in [1.29, 1.82) is 0 Å². The molecule has 0 aromatic heterocycles. The molecule has 1 aromatic rings. The minimum absolute atomic E-state index is 0.0281. The van der Waals surface area contributed by atoms with E-state index in [0.717, 1.165) is 0 Å². The lowest BCUT2D eigenvalue weighted by Gasteiger charge is -2.09. The van der Waals surface area contributed by atoms with Gasteiger partial charge in [0.25, 0.3) is 0 Å². The molecule has 0 aliphatic rings. The summed E-state index contributed by atoms with van der Waals surface area (Å²) in [6.07, 6.45) is 0. The van der Waals surface area contributed by atoms with Gasteiger partial charge in [-0.15, -0.1) is 0 Å². The van der Waals surface area contributed by atoms with Crippen LogP contribution in [0.5, 0.6) is 5.75 Å². The molecule has 0 radical (unpaired) electrons. The molecule has 4 nitrogen and oxygen atoms in total. The fourth-order valence-electron chi connectivity index (χ4n) is 1.26. The summed E-state index contributed by atoms with van der Waals surface area (Å²) < 4.78 is 22.2. The smallest absolute Gasteiger partial charge is 0.239 e. The van der Waals surface area contributed by atoms with Gasteiger partial charge in [0.15, 0.2) is 0 Å². The molecule has 1 aromatic carbocycles. The molecule has 3 N–H and O–H groups in total. The molecular weight excluding hydrogens is 226 g/mol. The van der Waals surface area contributed by atoms with E-state index in [-0.39, 0.29) is 21.2 Å². The van der Waals surface area contributed by atoms with E-state index in [1.54, 1.807) is 6.92 Å². The Labute approximate surface area is 87.4 Å².